The maximum atomic E-state index is 13.2. The fourth-order valence-corrected chi connectivity index (χ4v) is 15.7. The van der Waals surface area contributed by atoms with Gasteiger partial charge in [-0.2, -0.15) is 0 Å². The summed E-state index contributed by atoms with van der Waals surface area (Å²) in [7, 11) is -9.93. The molecule has 0 amide bonds. The SMILES string of the molecule is CCCCCCCCCCCCCCCCCCCC(=O)O[C@H](COC(=O)CCCCCCCCCCCCCCC)COP(=O)(O)OC[C@H](O)COP(=O)(O)OC[C@@H](COC(=O)CCCCCCCCCCCCCCCCC(C)C)OC(=O)CCCCCCCCCCCCCCCCCCCCC(C)CC. The van der Waals surface area contributed by atoms with Gasteiger partial charge in [-0.05, 0) is 37.5 Å². The Morgan fingerprint density at radius 1 is 0.266 bits per heavy atom. The van der Waals surface area contributed by atoms with Gasteiger partial charge in [0.05, 0.1) is 26.4 Å². The third-order valence-corrected chi connectivity index (χ3v) is 23.5. The van der Waals surface area contributed by atoms with Gasteiger partial charge < -0.3 is 33.8 Å². The zero-order chi connectivity index (χ0) is 79.9. The van der Waals surface area contributed by atoms with Gasteiger partial charge in [-0.15, -0.1) is 0 Å². The largest absolute Gasteiger partial charge is 0.472 e. The maximum absolute atomic E-state index is 13.2. The van der Waals surface area contributed by atoms with Crippen LogP contribution in [0.3, 0.4) is 0 Å². The van der Waals surface area contributed by atoms with Crippen molar-refractivity contribution in [3.8, 4) is 0 Å². The summed E-state index contributed by atoms with van der Waals surface area (Å²) in [6, 6.07) is 0. The summed E-state index contributed by atoms with van der Waals surface area (Å²) in [5.74, 6) is -0.424. The molecular formula is C90H176O17P2. The minimum absolute atomic E-state index is 0.109. The highest BCUT2D eigenvalue weighted by atomic mass is 31.2. The second kappa shape index (κ2) is 81.2. The molecule has 0 aliphatic carbocycles. The molecule has 17 nitrogen and oxygen atoms in total. The van der Waals surface area contributed by atoms with Gasteiger partial charge in [-0.3, -0.25) is 37.3 Å². The Balaban J connectivity index is 5.26. The Kier molecular flexibility index (Phi) is 79.8. The number of aliphatic hydroxyl groups excluding tert-OH is 1. The summed E-state index contributed by atoms with van der Waals surface area (Å²) < 4.78 is 69.1. The molecule has 0 saturated carbocycles. The van der Waals surface area contributed by atoms with Gasteiger partial charge in [0.1, 0.15) is 19.3 Å². The highest BCUT2D eigenvalue weighted by molar-refractivity contribution is 7.47. The summed E-state index contributed by atoms with van der Waals surface area (Å²) >= 11 is 0. The van der Waals surface area contributed by atoms with Crippen LogP contribution in [0.1, 0.15) is 485 Å². The Labute approximate surface area is 670 Å². The van der Waals surface area contributed by atoms with Gasteiger partial charge >= 0.3 is 39.5 Å². The number of ether oxygens (including phenoxy) is 4. The van der Waals surface area contributed by atoms with Crippen LogP contribution in [0.5, 0.6) is 0 Å². The van der Waals surface area contributed by atoms with Crippen LogP contribution in [0, 0.1) is 11.8 Å². The first-order valence-corrected chi connectivity index (χ1v) is 49.5. The number of phosphoric acid groups is 2. The number of carbonyl (C=O) groups excluding carboxylic acids is 4. The predicted octanol–water partition coefficient (Wildman–Crippen LogP) is 27.8. The lowest BCUT2D eigenvalue weighted by Crippen LogP contribution is -2.30. The third kappa shape index (κ3) is 82.4. The third-order valence-electron chi connectivity index (χ3n) is 21.6. The zero-order valence-electron chi connectivity index (χ0n) is 71.9. The minimum Gasteiger partial charge on any atom is -0.462 e. The van der Waals surface area contributed by atoms with Crippen LogP contribution in [0.2, 0.25) is 0 Å². The Morgan fingerprint density at radius 3 is 0.697 bits per heavy atom. The smallest absolute Gasteiger partial charge is 0.462 e. The molecule has 0 fully saturated rings. The number of carbonyl (C=O) groups is 4. The van der Waals surface area contributed by atoms with E-state index in [1.165, 1.54) is 302 Å². The van der Waals surface area contributed by atoms with E-state index in [-0.39, 0.29) is 25.7 Å². The van der Waals surface area contributed by atoms with Crippen LogP contribution in [-0.2, 0) is 65.4 Å². The highest BCUT2D eigenvalue weighted by Crippen LogP contribution is 2.45. The summed E-state index contributed by atoms with van der Waals surface area (Å²) in [5.41, 5.74) is 0. The molecule has 0 saturated heterocycles. The number of esters is 4. The fraction of sp³-hybridized carbons (Fsp3) is 0.956. The number of unbranched alkanes of at least 4 members (excludes halogenated alkanes) is 58. The topological polar surface area (TPSA) is 237 Å². The van der Waals surface area contributed by atoms with Crippen LogP contribution in [-0.4, -0.2) is 96.7 Å². The number of aliphatic hydroxyl groups is 1. The van der Waals surface area contributed by atoms with Crippen LogP contribution in [0.4, 0.5) is 0 Å². The van der Waals surface area contributed by atoms with E-state index in [0.29, 0.717) is 25.7 Å². The lowest BCUT2D eigenvalue weighted by atomic mass is 9.99. The molecule has 648 valence electrons. The molecule has 0 aromatic heterocycles. The van der Waals surface area contributed by atoms with Crippen molar-refractivity contribution in [3.05, 3.63) is 0 Å². The summed E-state index contributed by atoms with van der Waals surface area (Å²) in [5, 5.41) is 10.7. The number of phosphoric ester groups is 2. The number of hydrogen-bond donors (Lipinski definition) is 3. The molecule has 0 spiro atoms. The first-order valence-electron chi connectivity index (χ1n) is 46.5. The molecule has 0 aromatic rings. The lowest BCUT2D eigenvalue weighted by Gasteiger charge is -2.21. The molecule has 6 atom stereocenters. The van der Waals surface area contributed by atoms with Crippen LogP contribution in [0.15, 0.2) is 0 Å². The van der Waals surface area contributed by atoms with E-state index in [4.69, 9.17) is 37.0 Å². The molecule has 0 rings (SSSR count). The molecular weight excluding hydrogens is 1410 g/mol. The van der Waals surface area contributed by atoms with Crippen LogP contribution < -0.4 is 0 Å². The van der Waals surface area contributed by atoms with E-state index >= 15 is 0 Å². The highest BCUT2D eigenvalue weighted by Gasteiger charge is 2.31. The van der Waals surface area contributed by atoms with Crippen molar-refractivity contribution in [1.82, 2.24) is 0 Å². The Bertz CT molecular complexity index is 2080. The van der Waals surface area contributed by atoms with Crippen LogP contribution >= 0.6 is 15.6 Å². The van der Waals surface area contributed by atoms with Gasteiger partial charge in [-0.1, -0.05) is 433 Å². The fourth-order valence-electron chi connectivity index (χ4n) is 14.1. The van der Waals surface area contributed by atoms with E-state index in [0.717, 1.165) is 102 Å². The first kappa shape index (κ1) is 107. The maximum Gasteiger partial charge on any atom is 0.472 e. The molecule has 0 radical (unpaired) electrons. The molecule has 0 aromatic carbocycles. The van der Waals surface area contributed by atoms with Crippen molar-refractivity contribution in [2.75, 3.05) is 39.6 Å². The van der Waals surface area contributed by atoms with Crippen LogP contribution in [0.25, 0.3) is 0 Å². The van der Waals surface area contributed by atoms with Gasteiger partial charge in [0.25, 0.3) is 0 Å². The van der Waals surface area contributed by atoms with Crippen molar-refractivity contribution < 1.29 is 80.2 Å². The lowest BCUT2D eigenvalue weighted by molar-refractivity contribution is -0.161. The summed E-state index contributed by atoms with van der Waals surface area (Å²) in [6.07, 6.45) is 74.8. The zero-order valence-corrected chi connectivity index (χ0v) is 73.7. The number of rotatable bonds is 89. The Morgan fingerprint density at radius 2 is 0.468 bits per heavy atom. The van der Waals surface area contributed by atoms with E-state index in [1.54, 1.807) is 0 Å². The molecule has 0 aliphatic rings. The normalized spacial score (nSPS) is 14.0. The molecule has 109 heavy (non-hydrogen) atoms. The van der Waals surface area contributed by atoms with Gasteiger partial charge in [0, 0.05) is 25.7 Å². The second-order valence-electron chi connectivity index (χ2n) is 33.1. The first-order chi connectivity index (χ1) is 52.9. The molecule has 0 heterocycles. The molecule has 3 N–H and O–H groups in total. The molecule has 3 unspecified atom stereocenters. The molecule has 0 bridgehead atoms. The van der Waals surface area contributed by atoms with Gasteiger partial charge in [0.15, 0.2) is 12.2 Å². The van der Waals surface area contributed by atoms with E-state index in [9.17, 15) is 43.2 Å². The predicted molar refractivity (Wildman–Crippen MR) is 451 cm³/mol. The molecule has 19 heteroatoms. The van der Waals surface area contributed by atoms with Crippen molar-refractivity contribution in [2.24, 2.45) is 11.8 Å². The van der Waals surface area contributed by atoms with E-state index in [1.807, 2.05) is 0 Å². The van der Waals surface area contributed by atoms with E-state index in [2.05, 4.69) is 41.5 Å². The van der Waals surface area contributed by atoms with Crippen molar-refractivity contribution in [3.63, 3.8) is 0 Å². The van der Waals surface area contributed by atoms with Crippen molar-refractivity contribution in [2.45, 2.75) is 503 Å². The molecule has 0 aliphatic heterocycles. The quantitative estimate of drug-likeness (QED) is 0.0222. The van der Waals surface area contributed by atoms with E-state index < -0.39 is 97.5 Å². The van der Waals surface area contributed by atoms with Gasteiger partial charge in [-0.25, -0.2) is 9.13 Å². The number of hydrogen-bond acceptors (Lipinski definition) is 15. The average molecular weight is 1590 g/mol. The minimum atomic E-state index is -4.97. The second-order valence-corrected chi connectivity index (χ2v) is 36.0. The Hall–Kier alpha value is -1.94. The monoisotopic (exact) mass is 1590 g/mol. The van der Waals surface area contributed by atoms with Gasteiger partial charge in [0.2, 0.25) is 0 Å². The van der Waals surface area contributed by atoms with Crippen molar-refractivity contribution >= 4 is 39.5 Å². The standard InChI is InChI=1S/C90H176O17P2/c1-7-10-12-14-16-18-20-22-23-26-30-38-44-50-56-62-68-74-89(94)106-85(78-100-87(92)72-66-60-54-48-42-34-21-19-17-15-13-11-8-2)80-104-108(96,97)102-76-84(91)77-103-109(98,99)105-81-86(79-101-88(93)73-67-61-55-49-43-37-33-32-35-40-46-52-58-64-70-82(4)5)107-90(95)75-69-63-57-51-45-39-31-28-25-24-27-29-36-41-47-53-59-65-71-83(6)9-3/h82-86,91H,7-81H2,1-6H3,(H,96,97)(H,98,99)/t83?,84-,85+,86+/m0/s1. The average Bonchev–Trinajstić information content (AvgIpc) is 0.898. The summed E-state index contributed by atoms with van der Waals surface area (Å²) in [4.78, 5) is 73.4. The summed E-state index contributed by atoms with van der Waals surface area (Å²) in [6.45, 7) is 9.80. The van der Waals surface area contributed by atoms with Crippen molar-refractivity contribution in [1.29, 1.82) is 0 Å².